The maximum atomic E-state index is 12.4. The molecule has 1 aliphatic heterocycles. The second kappa shape index (κ2) is 7.51. The fraction of sp³-hybridized carbons (Fsp3) is 0.150. The number of aryl methyl sites for hydroxylation is 1. The number of hydrogen-bond donors (Lipinski definition) is 1. The summed E-state index contributed by atoms with van der Waals surface area (Å²) in [5, 5.41) is 11.4. The Labute approximate surface area is 170 Å². The van der Waals surface area contributed by atoms with Crippen molar-refractivity contribution >= 4 is 35.2 Å². The number of nitrogens with zero attached hydrogens (tertiary/aromatic N) is 4. The monoisotopic (exact) mass is 407 g/mol. The summed E-state index contributed by atoms with van der Waals surface area (Å²) in [6.07, 6.45) is 1.60. The van der Waals surface area contributed by atoms with Crippen LogP contribution in [0.1, 0.15) is 26.3 Å². The predicted molar refractivity (Wildman–Crippen MR) is 108 cm³/mol. The first-order valence-corrected chi connectivity index (χ1v) is 9.79. The molecule has 0 saturated heterocycles. The Hall–Kier alpha value is -3.46. The lowest BCUT2D eigenvalue weighted by atomic mass is 10.1. The van der Waals surface area contributed by atoms with Gasteiger partial charge in [0.05, 0.1) is 16.9 Å². The van der Waals surface area contributed by atoms with Crippen LogP contribution < -0.4 is 5.32 Å². The minimum absolute atomic E-state index is 0.119. The second-order valence-corrected chi connectivity index (χ2v) is 7.53. The van der Waals surface area contributed by atoms with E-state index >= 15 is 0 Å². The topological polar surface area (TPSA) is 97.2 Å². The Balaban J connectivity index is 1.42. The smallest absolute Gasteiger partial charge is 0.261 e. The van der Waals surface area contributed by atoms with Crippen LogP contribution in [0, 0.1) is 6.92 Å². The van der Waals surface area contributed by atoms with Crippen molar-refractivity contribution in [3.63, 3.8) is 0 Å². The molecule has 29 heavy (non-hydrogen) atoms. The highest BCUT2D eigenvalue weighted by Crippen LogP contribution is 2.25. The highest BCUT2D eigenvalue weighted by molar-refractivity contribution is 7.99. The van der Waals surface area contributed by atoms with Crippen molar-refractivity contribution in [2.45, 2.75) is 12.1 Å². The molecule has 0 spiro atoms. The van der Waals surface area contributed by atoms with E-state index in [1.165, 1.54) is 24.9 Å². The Morgan fingerprint density at radius 2 is 1.79 bits per heavy atom. The molecule has 146 valence electrons. The van der Waals surface area contributed by atoms with Crippen molar-refractivity contribution in [2.24, 2.45) is 0 Å². The van der Waals surface area contributed by atoms with Gasteiger partial charge in [0.1, 0.15) is 6.33 Å². The first-order valence-electron chi connectivity index (χ1n) is 8.80. The van der Waals surface area contributed by atoms with E-state index in [1.54, 1.807) is 18.5 Å². The van der Waals surface area contributed by atoms with Crippen LogP contribution in [0.5, 0.6) is 0 Å². The Morgan fingerprint density at radius 3 is 2.55 bits per heavy atom. The number of amides is 3. The Bertz CT molecular complexity index is 1120. The third kappa shape index (κ3) is 3.64. The normalized spacial score (nSPS) is 13.0. The molecule has 1 aromatic heterocycles. The van der Waals surface area contributed by atoms with Gasteiger partial charge in [0, 0.05) is 18.4 Å². The summed E-state index contributed by atoms with van der Waals surface area (Å²) >= 11 is 1.25. The van der Waals surface area contributed by atoms with Crippen LogP contribution in [0.4, 0.5) is 5.69 Å². The molecule has 2 heterocycles. The molecule has 0 aliphatic carbocycles. The van der Waals surface area contributed by atoms with E-state index in [2.05, 4.69) is 15.5 Å². The number of hydrogen-bond acceptors (Lipinski definition) is 6. The van der Waals surface area contributed by atoms with E-state index in [-0.39, 0.29) is 23.5 Å². The van der Waals surface area contributed by atoms with Crippen LogP contribution in [0.15, 0.2) is 53.9 Å². The Morgan fingerprint density at radius 1 is 1.07 bits per heavy atom. The molecule has 9 heteroatoms. The maximum Gasteiger partial charge on any atom is 0.261 e. The number of imide groups is 1. The lowest BCUT2D eigenvalue weighted by molar-refractivity contribution is -0.113. The van der Waals surface area contributed by atoms with Gasteiger partial charge in [-0.25, -0.2) is 0 Å². The summed E-state index contributed by atoms with van der Waals surface area (Å²) in [5.41, 5.74) is 3.16. The summed E-state index contributed by atoms with van der Waals surface area (Å²) in [6, 6.07) is 12.6. The van der Waals surface area contributed by atoms with E-state index in [4.69, 9.17) is 0 Å². The summed E-state index contributed by atoms with van der Waals surface area (Å²) < 4.78 is 1.81. The van der Waals surface area contributed by atoms with Crippen molar-refractivity contribution in [3.05, 3.63) is 65.5 Å². The lowest BCUT2D eigenvalue weighted by Gasteiger charge is -2.08. The fourth-order valence-corrected chi connectivity index (χ4v) is 3.70. The lowest BCUT2D eigenvalue weighted by Crippen LogP contribution is -2.24. The van der Waals surface area contributed by atoms with Gasteiger partial charge in [-0.2, -0.15) is 0 Å². The van der Waals surface area contributed by atoms with Gasteiger partial charge < -0.3 is 5.32 Å². The van der Waals surface area contributed by atoms with Crippen LogP contribution in [-0.2, 0) is 4.79 Å². The SMILES string of the molecule is Cc1ccc(-n2cnnc2SCC(=O)Nc2ccc3c(c2)C(=O)N(C)C3=O)cc1. The zero-order valence-electron chi connectivity index (χ0n) is 15.7. The molecule has 0 radical (unpaired) electrons. The highest BCUT2D eigenvalue weighted by atomic mass is 32.2. The number of carbonyl (C=O) groups excluding carboxylic acids is 3. The third-order valence-corrected chi connectivity index (χ3v) is 5.48. The van der Waals surface area contributed by atoms with E-state index in [1.807, 2.05) is 35.8 Å². The number of benzene rings is 2. The quantitative estimate of drug-likeness (QED) is 0.516. The maximum absolute atomic E-state index is 12.4. The number of fused-ring (bicyclic) bond motifs is 1. The van der Waals surface area contributed by atoms with Gasteiger partial charge in [0.2, 0.25) is 5.91 Å². The van der Waals surface area contributed by atoms with Crippen molar-refractivity contribution in [1.82, 2.24) is 19.7 Å². The van der Waals surface area contributed by atoms with Gasteiger partial charge >= 0.3 is 0 Å². The predicted octanol–water partition coefficient (Wildman–Crippen LogP) is 2.53. The molecule has 0 bridgehead atoms. The van der Waals surface area contributed by atoms with E-state index in [0.29, 0.717) is 22.0 Å². The van der Waals surface area contributed by atoms with Crippen LogP contribution in [-0.4, -0.2) is 50.2 Å². The number of nitrogens with one attached hydrogen (secondary N) is 1. The van der Waals surface area contributed by atoms with E-state index < -0.39 is 0 Å². The highest BCUT2D eigenvalue weighted by Gasteiger charge is 2.32. The number of thioether (sulfide) groups is 1. The van der Waals surface area contributed by atoms with Crippen LogP contribution in [0.25, 0.3) is 5.69 Å². The molecular formula is C20H17N5O3S. The third-order valence-electron chi connectivity index (χ3n) is 4.53. The van der Waals surface area contributed by atoms with Gasteiger partial charge in [-0.15, -0.1) is 10.2 Å². The van der Waals surface area contributed by atoms with Gasteiger partial charge in [-0.1, -0.05) is 29.5 Å². The number of aromatic nitrogens is 3. The molecular weight excluding hydrogens is 390 g/mol. The first kappa shape index (κ1) is 18.9. The summed E-state index contributed by atoms with van der Waals surface area (Å²) in [5.74, 6) is -0.844. The standard InChI is InChI=1S/C20H17N5O3S/c1-12-3-6-14(7-4-12)25-11-21-23-20(25)29-10-17(26)22-13-5-8-15-16(9-13)19(28)24(2)18(15)27/h3-9,11H,10H2,1-2H3,(H,22,26). The molecule has 1 aliphatic rings. The van der Waals surface area contributed by atoms with Crippen molar-refractivity contribution in [3.8, 4) is 5.69 Å². The molecule has 0 atom stereocenters. The van der Waals surface area contributed by atoms with Gasteiger partial charge in [0.25, 0.3) is 11.8 Å². The molecule has 0 fully saturated rings. The zero-order chi connectivity index (χ0) is 20.5. The number of rotatable bonds is 5. The van der Waals surface area contributed by atoms with Gasteiger partial charge in [0.15, 0.2) is 5.16 Å². The van der Waals surface area contributed by atoms with E-state index in [0.717, 1.165) is 16.2 Å². The molecule has 0 saturated carbocycles. The minimum atomic E-state index is -0.373. The molecule has 0 unspecified atom stereocenters. The first-order chi connectivity index (χ1) is 13.9. The van der Waals surface area contributed by atoms with Gasteiger partial charge in [-0.3, -0.25) is 23.9 Å². The molecule has 1 N–H and O–H groups in total. The minimum Gasteiger partial charge on any atom is -0.325 e. The second-order valence-electron chi connectivity index (χ2n) is 6.59. The van der Waals surface area contributed by atoms with Gasteiger partial charge in [-0.05, 0) is 37.3 Å². The van der Waals surface area contributed by atoms with Crippen molar-refractivity contribution in [2.75, 3.05) is 18.1 Å². The van der Waals surface area contributed by atoms with Crippen LogP contribution >= 0.6 is 11.8 Å². The molecule has 3 aromatic rings. The fourth-order valence-electron chi connectivity index (χ4n) is 2.97. The molecule has 2 aromatic carbocycles. The number of anilines is 1. The van der Waals surface area contributed by atoms with Crippen LogP contribution in [0.3, 0.4) is 0 Å². The number of carbonyl (C=O) groups is 3. The zero-order valence-corrected chi connectivity index (χ0v) is 16.6. The molecule has 3 amide bonds. The van der Waals surface area contributed by atoms with Crippen molar-refractivity contribution in [1.29, 1.82) is 0 Å². The molecule has 8 nitrogen and oxygen atoms in total. The van der Waals surface area contributed by atoms with E-state index in [9.17, 15) is 14.4 Å². The van der Waals surface area contributed by atoms with Crippen molar-refractivity contribution < 1.29 is 14.4 Å². The summed E-state index contributed by atoms with van der Waals surface area (Å²) in [4.78, 5) is 37.4. The summed E-state index contributed by atoms with van der Waals surface area (Å²) in [7, 11) is 1.43. The average molecular weight is 407 g/mol. The molecule has 4 rings (SSSR count). The summed E-state index contributed by atoms with van der Waals surface area (Å²) in [6.45, 7) is 2.01. The van der Waals surface area contributed by atoms with Crippen LogP contribution in [0.2, 0.25) is 0 Å². The Kier molecular flexibility index (Phi) is 4.89. The largest absolute Gasteiger partial charge is 0.325 e. The average Bonchev–Trinajstić information content (AvgIpc) is 3.27.